The van der Waals surface area contributed by atoms with Crippen LogP contribution in [-0.2, 0) is 0 Å². The Labute approximate surface area is 294 Å². The molecule has 0 unspecified atom stereocenters. The molecule has 204 valence electrons. The summed E-state index contributed by atoms with van der Waals surface area (Å²) in [7, 11) is 0. The van der Waals surface area contributed by atoms with Crippen LogP contribution in [0, 0.1) is 0 Å². The predicted molar refractivity (Wildman–Crippen MR) is 190 cm³/mol. The third-order valence-electron chi connectivity index (χ3n) is 7.20. The molecule has 0 radical (unpaired) electrons. The Kier molecular flexibility index (Phi) is 2.24. The van der Waals surface area contributed by atoms with Gasteiger partial charge < -0.3 is 0 Å². The topological polar surface area (TPSA) is 0 Å². The maximum Gasteiger partial charge on any atom is 0.0636 e. The highest BCUT2D eigenvalue weighted by atomic mass is 14.2. The van der Waals surface area contributed by atoms with Gasteiger partial charge in [-0.3, -0.25) is 0 Å². The minimum absolute atomic E-state index is 0.265. The van der Waals surface area contributed by atoms with E-state index >= 15 is 0 Å². The van der Waals surface area contributed by atoms with Crippen LogP contribution >= 0.6 is 0 Å². The van der Waals surface area contributed by atoms with Crippen LogP contribution in [0.5, 0.6) is 0 Å². The molecular formula is C44H28. The SMILES string of the molecule is [2H]c1cc2c(c([2H])c1[2H])c([2H])c([2H])c1c([2H])c([2H])c(-c3c4c([2H])c([2H])c([2H])c([2H])c4c(-c4c([2H])c([2H])c(-c5c([2H])c([2H])c([2H])c6c([2H])c([2H])c([2H])c([2H])c56)c([2H])c4[2H])c4c([2H])c([2H])c([2H])c([2H])c34)c([2H])c12. The first kappa shape index (κ1) is 9.91. The van der Waals surface area contributed by atoms with Gasteiger partial charge in [-0.25, -0.2) is 0 Å². The molecule has 0 aliphatic rings. The summed E-state index contributed by atoms with van der Waals surface area (Å²) in [4.78, 5) is 0. The first-order valence-electron chi connectivity index (χ1n) is 26.6. The lowest BCUT2D eigenvalue weighted by Crippen LogP contribution is -1.91. The molecule has 9 aromatic rings. The van der Waals surface area contributed by atoms with Gasteiger partial charge in [0.2, 0.25) is 0 Å². The first-order chi connectivity index (χ1) is 33.1. The van der Waals surface area contributed by atoms with Gasteiger partial charge in [-0.2, -0.15) is 0 Å². The average molecular weight is 584 g/mol. The van der Waals surface area contributed by atoms with Crippen molar-refractivity contribution in [1.82, 2.24) is 0 Å². The van der Waals surface area contributed by atoms with E-state index in [-0.39, 0.29) is 10.8 Å². The van der Waals surface area contributed by atoms with Crippen LogP contribution in [0.3, 0.4) is 0 Å². The second kappa shape index (κ2) is 9.93. The summed E-state index contributed by atoms with van der Waals surface area (Å²) in [5.41, 5.74) is -4.52. The number of fused-ring (bicyclic) bond motifs is 6. The van der Waals surface area contributed by atoms with Crippen molar-refractivity contribution in [3.63, 3.8) is 0 Å². The Balaban J connectivity index is 1.57. The summed E-state index contributed by atoms with van der Waals surface area (Å²) in [6, 6.07) is -23.0. The molecule has 9 aromatic carbocycles. The molecule has 9 rings (SSSR count). The Morgan fingerprint density at radius 3 is 1.43 bits per heavy atom. The Bertz CT molecular complexity index is 3950. The van der Waals surface area contributed by atoms with Gasteiger partial charge in [0.15, 0.2) is 0 Å². The molecule has 0 aliphatic heterocycles. The van der Waals surface area contributed by atoms with E-state index in [9.17, 15) is 15.1 Å². The summed E-state index contributed by atoms with van der Waals surface area (Å²) >= 11 is 0. The van der Waals surface area contributed by atoms with E-state index in [0.717, 1.165) is 6.07 Å². The van der Waals surface area contributed by atoms with E-state index in [2.05, 4.69) is 0 Å². The van der Waals surface area contributed by atoms with Crippen LogP contribution in [0.15, 0.2) is 169 Å². The van der Waals surface area contributed by atoms with Crippen LogP contribution in [0.25, 0.3) is 87.2 Å². The number of hydrogen-bond donors (Lipinski definition) is 0. The van der Waals surface area contributed by atoms with Gasteiger partial charge >= 0.3 is 0 Å². The van der Waals surface area contributed by atoms with Gasteiger partial charge in [-0.15, -0.1) is 0 Å². The molecule has 0 nitrogen and oxygen atoms in total. The highest BCUT2D eigenvalue weighted by Gasteiger charge is 2.17. The highest BCUT2D eigenvalue weighted by Crippen LogP contribution is 2.45. The van der Waals surface area contributed by atoms with Crippen molar-refractivity contribution in [2.75, 3.05) is 0 Å². The second-order valence-corrected chi connectivity index (χ2v) is 9.58. The fourth-order valence-electron chi connectivity index (χ4n) is 5.28. The van der Waals surface area contributed by atoms with Crippen molar-refractivity contribution in [2.45, 2.75) is 0 Å². The third-order valence-corrected chi connectivity index (χ3v) is 7.20. The maximum absolute atomic E-state index is 9.75. The minimum Gasteiger partial charge on any atom is -0.0616 e. The zero-order valence-electron chi connectivity index (χ0n) is 49.1. The van der Waals surface area contributed by atoms with Crippen molar-refractivity contribution in [3.05, 3.63) is 169 Å². The molecular weight excluding hydrogens is 528 g/mol. The molecule has 0 N–H and O–H groups in total. The quantitative estimate of drug-likeness (QED) is 0.143. The van der Waals surface area contributed by atoms with Gasteiger partial charge in [0.1, 0.15) is 0 Å². The number of rotatable bonds is 3. The zero-order valence-corrected chi connectivity index (χ0v) is 22.1. The maximum atomic E-state index is 9.75. The largest absolute Gasteiger partial charge is 0.0636 e. The normalized spacial score (nSPS) is 20.2. The molecule has 0 aromatic heterocycles. The molecule has 0 spiro atoms. The molecule has 0 aliphatic carbocycles. The Hall–Kier alpha value is -5.72. The van der Waals surface area contributed by atoms with Crippen LogP contribution in [0.4, 0.5) is 0 Å². The van der Waals surface area contributed by atoms with Crippen LogP contribution in [0.1, 0.15) is 37.0 Å². The molecule has 44 heavy (non-hydrogen) atoms. The van der Waals surface area contributed by atoms with E-state index in [1.165, 1.54) is 0 Å². The molecule has 0 amide bonds. The lowest BCUT2D eigenvalue weighted by Gasteiger charge is -2.18. The Morgan fingerprint density at radius 1 is 0.295 bits per heavy atom. The summed E-state index contributed by atoms with van der Waals surface area (Å²) in [5, 5.41) is -5.64. The summed E-state index contributed by atoms with van der Waals surface area (Å²) < 4.78 is 242. The molecule has 0 heteroatoms. The average Bonchev–Trinajstić information content (AvgIpc) is 3.33. The van der Waals surface area contributed by atoms with Crippen molar-refractivity contribution in [2.24, 2.45) is 0 Å². The zero-order chi connectivity index (χ0) is 52.5. The van der Waals surface area contributed by atoms with Gasteiger partial charge in [-0.1, -0.05) is 163 Å². The smallest absolute Gasteiger partial charge is 0.0616 e. The van der Waals surface area contributed by atoms with Crippen LogP contribution in [-0.4, -0.2) is 0 Å². The van der Waals surface area contributed by atoms with Crippen molar-refractivity contribution < 1.29 is 37.0 Å². The van der Waals surface area contributed by atoms with Crippen molar-refractivity contribution in [3.8, 4) is 33.4 Å². The highest BCUT2D eigenvalue weighted by molar-refractivity contribution is 6.22. The summed E-state index contributed by atoms with van der Waals surface area (Å²) in [6.45, 7) is 0. The van der Waals surface area contributed by atoms with Crippen LogP contribution in [0.2, 0.25) is 0 Å². The summed E-state index contributed by atoms with van der Waals surface area (Å²) in [6.07, 6.45) is 0. The monoisotopic (exact) mass is 583 g/mol. The fourth-order valence-corrected chi connectivity index (χ4v) is 5.28. The molecule has 0 bridgehead atoms. The molecule has 0 saturated heterocycles. The van der Waals surface area contributed by atoms with E-state index in [4.69, 9.17) is 21.9 Å². The van der Waals surface area contributed by atoms with E-state index in [1.54, 1.807) is 0 Å². The standard InChI is InChI=1S/C44H28/c1-3-13-35-29(10-1)12-9-19-36(35)31-22-25-33(26-23-31)43-38-15-5-7-17-40(38)44(41-18-8-6-16-39(41)43)34-27-24-32-21-20-30-11-2-4-14-37(30)42(32)28-34/h1-28H/i1D,2D,3D,4D,5D,6D,7D,8D,9D,10D,11D,12D,13D,15D,16D,17D,18D,19D,20D,21D,22D,23D,24D,25D,26D,27D,28D. The first-order valence-corrected chi connectivity index (χ1v) is 13.1. The molecule has 0 fully saturated rings. The second-order valence-electron chi connectivity index (χ2n) is 9.58. The lowest BCUT2D eigenvalue weighted by atomic mass is 9.85. The van der Waals surface area contributed by atoms with Gasteiger partial charge in [0.25, 0.3) is 0 Å². The fraction of sp³-hybridized carbons (Fsp3) is 0. The van der Waals surface area contributed by atoms with Crippen LogP contribution < -0.4 is 0 Å². The number of hydrogen-bond acceptors (Lipinski definition) is 0. The number of benzene rings is 9. The summed E-state index contributed by atoms with van der Waals surface area (Å²) in [5.74, 6) is 0. The lowest BCUT2D eigenvalue weighted by molar-refractivity contribution is 1.63. The van der Waals surface area contributed by atoms with E-state index in [0.29, 0.717) is 0 Å². The predicted octanol–water partition coefficient (Wildman–Crippen LogP) is 12.5. The molecule has 0 saturated carbocycles. The van der Waals surface area contributed by atoms with E-state index < -0.39 is 240 Å². The minimum atomic E-state index is -1.08. The van der Waals surface area contributed by atoms with Gasteiger partial charge in [0.05, 0.1) is 37.0 Å². The van der Waals surface area contributed by atoms with Gasteiger partial charge in [-0.05, 0) is 93.3 Å². The van der Waals surface area contributed by atoms with Crippen molar-refractivity contribution in [1.29, 1.82) is 0 Å². The van der Waals surface area contributed by atoms with Crippen molar-refractivity contribution >= 4 is 53.9 Å². The molecule has 0 heterocycles. The van der Waals surface area contributed by atoms with E-state index in [1.807, 2.05) is 0 Å². The third kappa shape index (κ3) is 3.85. The molecule has 0 atom stereocenters. The van der Waals surface area contributed by atoms with Gasteiger partial charge in [0, 0.05) is 0 Å². The Morgan fingerprint density at radius 2 is 0.750 bits per heavy atom.